The number of hydrazone groups is 1. The molecule has 0 aliphatic carbocycles. The number of hydrogen-bond acceptors (Lipinski definition) is 6. The maximum atomic E-state index is 11.9. The first-order chi connectivity index (χ1) is 11.9. The Labute approximate surface area is 151 Å². The Bertz CT molecular complexity index is 985. The summed E-state index contributed by atoms with van der Waals surface area (Å²) in [6, 6.07) is 11.1. The number of carbonyl (C=O) groups excluding carboxylic acids is 1. The van der Waals surface area contributed by atoms with Gasteiger partial charge in [0.05, 0.1) is 21.4 Å². The molecule has 2 aromatic carbocycles. The molecule has 126 valence electrons. The topological polar surface area (TPSA) is 88.7 Å². The molecule has 0 aliphatic heterocycles. The van der Waals surface area contributed by atoms with Crippen LogP contribution in [0.5, 0.6) is 0 Å². The molecule has 7 nitrogen and oxygen atoms in total. The number of non-ortho nitro benzene ring substituents is 1. The van der Waals surface area contributed by atoms with Gasteiger partial charge in [-0.05, 0) is 35.9 Å². The lowest BCUT2D eigenvalue weighted by atomic mass is 10.2. The Morgan fingerprint density at radius 1 is 1.32 bits per heavy atom. The lowest BCUT2D eigenvalue weighted by Gasteiger charge is -2.10. The van der Waals surface area contributed by atoms with Crippen LogP contribution in [0.2, 0.25) is 5.02 Å². The minimum atomic E-state index is -0.477. The van der Waals surface area contributed by atoms with Crippen LogP contribution in [0.25, 0.3) is 10.2 Å². The minimum Gasteiger partial charge on any atom is -0.273 e. The van der Waals surface area contributed by atoms with Crippen LogP contribution in [-0.2, 0) is 4.79 Å². The van der Waals surface area contributed by atoms with Crippen LogP contribution in [0.1, 0.15) is 12.5 Å². The van der Waals surface area contributed by atoms with Crippen LogP contribution >= 0.6 is 22.9 Å². The molecule has 0 radical (unpaired) electrons. The molecule has 1 aromatic heterocycles. The van der Waals surface area contributed by atoms with Gasteiger partial charge in [0, 0.05) is 24.1 Å². The van der Waals surface area contributed by atoms with Crippen molar-refractivity contribution in [2.24, 2.45) is 5.10 Å². The lowest BCUT2D eigenvalue weighted by molar-refractivity contribution is -0.384. The zero-order chi connectivity index (χ0) is 18.0. The first-order valence-corrected chi connectivity index (χ1v) is 8.29. The van der Waals surface area contributed by atoms with Crippen LogP contribution in [0.4, 0.5) is 10.8 Å². The first-order valence-electron chi connectivity index (χ1n) is 7.09. The maximum Gasteiger partial charge on any atom is 0.269 e. The summed E-state index contributed by atoms with van der Waals surface area (Å²) >= 11 is 7.26. The number of thiazole rings is 1. The molecule has 1 heterocycles. The Morgan fingerprint density at radius 2 is 2.04 bits per heavy atom. The second-order valence-electron chi connectivity index (χ2n) is 5.03. The van der Waals surface area contributed by atoms with Crippen molar-refractivity contribution in [2.45, 2.75) is 6.92 Å². The molecule has 0 N–H and O–H groups in total. The number of aromatic nitrogens is 1. The lowest BCUT2D eigenvalue weighted by Crippen LogP contribution is -2.22. The SMILES string of the molecule is CC(=O)N(/N=C\c1ccc([N+](=O)[O-])cc1)c1nc2ccc(Cl)cc2s1. The van der Waals surface area contributed by atoms with E-state index in [1.54, 1.807) is 30.3 Å². The standard InChI is InChI=1S/C16H11ClN4O3S/c1-10(22)20(16-19-14-7-4-12(17)8-15(14)25-16)18-9-11-2-5-13(6-3-11)21(23)24/h2-9H,1H3/b18-9-. The van der Waals surface area contributed by atoms with Gasteiger partial charge in [-0.25, -0.2) is 4.98 Å². The van der Waals surface area contributed by atoms with Gasteiger partial charge in [-0.1, -0.05) is 22.9 Å². The van der Waals surface area contributed by atoms with Crippen LogP contribution < -0.4 is 5.01 Å². The monoisotopic (exact) mass is 374 g/mol. The summed E-state index contributed by atoms with van der Waals surface area (Å²) in [5, 5.41) is 17.0. The number of nitro groups is 1. The fraction of sp³-hybridized carbons (Fsp3) is 0.0625. The number of benzene rings is 2. The molecule has 0 unspecified atom stereocenters. The number of anilines is 1. The van der Waals surface area contributed by atoms with E-state index in [1.807, 2.05) is 0 Å². The molecule has 0 aliphatic rings. The summed E-state index contributed by atoms with van der Waals surface area (Å²) in [5.41, 5.74) is 1.34. The second-order valence-corrected chi connectivity index (χ2v) is 6.48. The van der Waals surface area contributed by atoms with E-state index in [0.29, 0.717) is 15.7 Å². The second kappa shape index (κ2) is 6.96. The summed E-state index contributed by atoms with van der Waals surface area (Å²) in [4.78, 5) is 26.5. The van der Waals surface area contributed by atoms with Crippen molar-refractivity contribution in [3.63, 3.8) is 0 Å². The van der Waals surface area contributed by atoms with E-state index in [0.717, 1.165) is 10.2 Å². The summed E-state index contributed by atoms with van der Waals surface area (Å²) in [7, 11) is 0. The summed E-state index contributed by atoms with van der Waals surface area (Å²) in [6.45, 7) is 1.38. The largest absolute Gasteiger partial charge is 0.273 e. The van der Waals surface area contributed by atoms with Gasteiger partial charge < -0.3 is 0 Å². The average molecular weight is 375 g/mol. The van der Waals surface area contributed by atoms with Gasteiger partial charge in [0.25, 0.3) is 5.69 Å². The van der Waals surface area contributed by atoms with Crippen LogP contribution in [0, 0.1) is 10.1 Å². The van der Waals surface area contributed by atoms with Crippen molar-refractivity contribution in [1.29, 1.82) is 0 Å². The molecule has 0 saturated carbocycles. The van der Waals surface area contributed by atoms with Crippen LogP contribution in [-0.4, -0.2) is 22.0 Å². The Balaban J connectivity index is 1.89. The molecule has 0 saturated heterocycles. The molecule has 3 aromatic rings. The highest BCUT2D eigenvalue weighted by molar-refractivity contribution is 7.22. The molecule has 0 fully saturated rings. The molecule has 0 spiro atoms. The predicted molar refractivity (Wildman–Crippen MR) is 98.5 cm³/mol. The van der Waals surface area contributed by atoms with E-state index in [9.17, 15) is 14.9 Å². The molecule has 9 heteroatoms. The van der Waals surface area contributed by atoms with Gasteiger partial charge in [-0.15, -0.1) is 0 Å². The summed E-state index contributed by atoms with van der Waals surface area (Å²) in [5.74, 6) is -0.302. The number of rotatable bonds is 4. The van der Waals surface area contributed by atoms with Crippen molar-refractivity contribution < 1.29 is 9.72 Å². The zero-order valence-electron chi connectivity index (χ0n) is 12.9. The molecule has 0 atom stereocenters. The van der Waals surface area contributed by atoms with Crippen molar-refractivity contribution in [1.82, 2.24) is 4.98 Å². The number of nitrogens with zero attached hydrogens (tertiary/aromatic N) is 4. The van der Waals surface area contributed by atoms with Crippen molar-refractivity contribution in [3.8, 4) is 0 Å². The third-order valence-corrected chi connectivity index (χ3v) is 4.47. The smallest absolute Gasteiger partial charge is 0.269 e. The van der Waals surface area contributed by atoms with Crippen LogP contribution in [0.15, 0.2) is 47.6 Å². The first kappa shape index (κ1) is 17.0. The van der Waals surface area contributed by atoms with E-state index in [1.165, 1.54) is 41.6 Å². The van der Waals surface area contributed by atoms with Gasteiger partial charge in [0.2, 0.25) is 11.0 Å². The Hall–Kier alpha value is -2.84. The van der Waals surface area contributed by atoms with E-state index in [4.69, 9.17) is 11.6 Å². The number of fused-ring (bicyclic) bond motifs is 1. The fourth-order valence-corrected chi connectivity index (χ4v) is 3.29. The highest BCUT2D eigenvalue weighted by Gasteiger charge is 2.15. The van der Waals surface area contributed by atoms with E-state index in [-0.39, 0.29) is 11.6 Å². The number of amides is 1. The third kappa shape index (κ3) is 3.81. The van der Waals surface area contributed by atoms with Gasteiger partial charge in [0.1, 0.15) is 0 Å². The Morgan fingerprint density at radius 3 is 2.68 bits per heavy atom. The van der Waals surface area contributed by atoms with Gasteiger partial charge in [-0.2, -0.15) is 10.1 Å². The fourth-order valence-electron chi connectivity index (χ4n) is 2.05. The molecule has 0 bridgehead atoms. The zero-order valence-corrected chi connectivity index (χ0v) is 14.5. The average Bonchev–Trinajstić information content (AvgIpc) is 2.97. The normalized spacial score (nSPS) is 11.1. The minimum absolute atomic E-state index is 0.0105. The summed E-state index contributed by atoms with van der Waals surface area (Å²) < 4.78 is 0.847. The highest BCUT2D eigenvalue weighted by atomic mass is 35.5. The number of nitro benzene ring substituents is 1. The maximum absolute atomic E-state index is 11.9. The van der Waals surface area contributed by atoms with E-state index in [2.05, 4.69) is 10.1 Å². The van der Waals surface area contributed by atoms with Gasteiger partial charge in [0.15, 0.2) is 0 Å². The van der Waals surface area contributed by atoms with Crippen molar-refractivity contribution >= 4 is 56.1 Å². The quantitative estimate of drug-likeness (QED) is 0.388. The molecule has 1 amide bonds. The molecule has 3 rings (SSSR count). The predicted octanol–water partition coefficient (Wildman–Crippen LogP) is 4.24. The number of carbonyl (C=O) groups is 1. The molecular formula is C16H11ClN4O3S. The number of hydrogen-bond donors (Lipinski definition) is 0. The van der Waals surface area contributed by atoms with E-state index >= 15 is 0 Å². The Kier molecular flexibility index (Phi) is 4.73. The summed E-state index contributed by atoms with van der Waals surface area (Å²) in [6.07, 6.45) is 1.45. The van der Waals surface area contributed by atoms with Gasteiger partial charge >= 0.3 is 0 Å². The van der Waals surface area contributed by atoms with Crippen molar-refractivity contribution in [2.75, 3.05) is 5.01 Å². The highest BCUT2D eigenvalue weighted by Crippen LogP contribution is 2.31. The van der Waals surface area contributed by atoms with Crippen LogP contribution in [0.3, 0.4) is 0 Å². The van der Waals surface area contributed by atoms with E-state index < -0.39 is 4.92 Å². The molecule has 25 heavy (non-hydrogen) atoms. The number of halogens is 1. The van der Waals surface area contributed by atoms with Crippen molar-refractivity contribution in [3.05, 3.63) is 63.2 Å². The third-order valence-electron chi connectivity index (χ3n) is 3.24. The molecular weight excluding hydrogens is 364 g/mol. The van der Waals surface area contributed by atoms with Gasteiger partial charge in [-0.3, -0.25) is 14.9 Å².